The minimum atomic E-state index is -0.605. The molecule has 3 rings (SSSR count). The van der Waals surface area contributed by atoms with E-state index in [1.165, 1.54) is 22.8 Å². The van der Waals surface area contributed by atoms with Crippen LogP contribution in [0.15, 0.2) is 65.6 Å². The summed E-state index contributed by atoms with van der Waals surface area (Å²) in [7, 11) is 0. The second-order valence-electron chi connectivity index (χ2n) is 5.53. The van der Waals surface area contributed by atoms with E-state index in [-0.39, 0.29) is 17.1 Å². The SMILES string of the molecule is O=C(Nc1ccc(F)c(Cl)c1)c1cccn(Cc2ccccc2Cl)c1=O. The van der Waals surface area contributed by atoms with Gasteiger partial charge < -0.3 is 9.88 Å². The van der Waals surface area contributed by atoms with Crippen molar-refractivity contribution in [2.75, 3.05) is 5.32 Å². The summed E-state index contributed by atoms with van der Waals surface area (Å²) in [5.74, 6) is -1.20. The van der Waals surface area contributed by atoms with E-state index >= 15 is 0 Å². The molecule has 0 saturated heterocycles. The lowest BCUT2D eigenvalue weighted by Crippen LogP contribution is -2.29. The van der Waals surface area contributed by atoms with Crippen LogP contribution in [-0.4, -0.2) is 10.5 Å². The fraction of sp³-hybridized carbons (Fsp3) is 0.0526. The van der Waals surface area contributed by atoms with Crippen molar-refractivity contribution >= 4 is 34.8 Å². The number of amides is 1. The van der Waals surface area contributed by atoms with Crippen LogP contribution in [0.4, 0.5) is 10.1 Å². The lowest BCUT2D eigenvalue weighted by atomic mass is 10.2. The summed E-state index contributed by atoms with van der Waals surface area (Å²) in [6.45, 7) is 0.238. The standard InChI is InChI=1S/C19H13Cl2FN2O2/c20-15-6-2-1-4-12(15)11-24-9-3-5-14(19(24)26)18(25)23-13-7-8-17(22)16(21)10-13/h1-10H,11H2,(H,23,25). The van der Waals surface area contributed by atoms with Gasteiger partial charge in [-0.25, -0.2) is 4.39 Å². The third-order valence-corrected chi connectivity index (χ3v) is 4.40. The van der Waals surface area contributed by atoms with Crippen LogP contribution in [0.3, 0.4) is 0 Å². The minimum Gasteiger partial charge on any atom is -0.322 e. The molecular weight excluding hydrogens is 378 g/mol. The van der Waals surface area contributed by atoms with Gasteiger partial charge in [0.05, 0.1) is 11.6 Å². The highest BCUT2D eigenvalue weighted by molar-refractivity contribution is 6.31. The molecule has 4 nitrogen and oxygen atoms in total. The highest BCUT2D eigenvalue weighted by Gasteiger charge is 2.14. The zero-order valence-corrected chi connectivity index (χ0v) is 14.9. The second kappa shape index (κ2) is 7.72. The summed E-state index contributed by atoms with van der Waals surface area (Å²) < 4.78 is 14.6. The fourth-order valence-corrected chi connectivity index (χ4v) is 2.79. The van der Waals surface area contributed by atoms with Crippen molar-refractivity contribution in [2.24, 2.45) is 0 Å². The molecule has 132 valence electrons. The molecule has 0 saturated carbocycles. The van der Waals surface area contributed by atoms with Gasteiger partial charge in [0.1, 0.15) is 11.4 Å². The third kappa shape index (κ3) is 3.95. The number of carbonyl (C=O) groups is 1. The van der Waals surface area contributed by atoms with Gasteiger partial charge in [-0.05, 0) is 42.0 Å². The van der Waals surface area contributed by atoms with Gasteiger partial charge in [0.15, 0.2) is 0 Å². The summed E-state index contributed by atoms with van der Waals surface area (Å²) in [6.07, 6.45) is 1.58. The Morgan fingerprint density at radius 1 is 1.04 bits per heavy atom. The third-order valence-electron chi connectivity index (χ3n) is 3.74. The van der Waals surface area contributed by atoms with E-state index < -0.39 is 17.3 Å². The normalized spacial score (nSPS) is 10.6. The van der Waals surface area contributed by atoms with Crippen molar-refractivity contribution in [3.05, 3.63) is 98.1 Å². The van der Waals surface area contributed by atoms with Crippen molar-refractivity contribution in [3.63, 3.8) is 0 Å². The first-order valence-electron chi connectivity index (χ1n) is 7.65. The highest BCUT2D eigenvalue weighted by Crippen LogP contribution is 2.20. The van der Waals surface area contributed by atoms with Crippen molar-refractivity contribution in [1.82, 2.24) is 4.57 Å². The molecule has 0 fully saturated rings. The average molecular weight is 391 g/mol. The predicted molar refractivity (Wildman–Crippen MR) is 101 cm³/mol. The monoisotopic (exact) mass is 390 g/mol. The maximum Gasteiger partial charge on any atom is 0.263 e. The summed E-state index contributed by atoms with van der Waals surface area (Å²) in [5.41, 5.74) is 0.555. The van der Waals surface area contributed by atoms with E-state index in [2.05, 4.69) is 5.32 Å². The van der Waals surface area contributed by atoms with E-state index in [1.807, 2.05) is 12.1 Å². The number of nitrogens with zero attached hydrogens (tertiary/aromatic N) is 1. The second-order valence-corrected chi connectivity index (χ2v) is 6.34. The number of hydrogen-bond acceptors (Lipinski definition) is 2. The van der Waals surface area contributed by atoms with E-state index in [0.717, 1.165) is 11.6 Å². The smallest absolute Gasteiger partial charge is 0.263 e. The first kappa shape index (κ1) is 18.2. The Morgan fingerprint density at radius 3 is 2.54 bits per heavy atom. The number of carbonyl (C=O) groups excluding carboxylic acids is 1. The van der Waals surface area contributed by atoms with Crippen LogP contribution in [0.25, 0.3) is 0 Å². The summed E-state index contributed by atoms with van der Waals surface area (Å²) in [6, 6.07) is 14.0. The van der Waals surface area contributed by atoms with Crippen LogP contribution in [0.1, 0.15) is 15.9 Å². The quantitative estimate of drug-likeness (QED) is 0.707. The first-order chi connectivity index (χ1) is 12.5. The number of nitrogens with one attached hydrogen (secondary N) is 1. The Hall–Kier alpha value is -2.63. The molecule has 3 aromatic rings. The fourth-order valence-electron chi connectivity index (χ4n) is 2.42. The molecule has 0 radical (unpaired) electrons. The van der Waals surface area contributed by atoms with Crippen molar-refractivity contribution in [1.29, 1.82) is 0 Å². The first-order valence-corrected chi connectivity index (χ1v) is 8.40. The van der Waals surface area contributed by atoms with Gasteiger partial charge >= 0.3 is 0 Å². The molecule has 0 aliphatic heterocycles. The van der Waals surface area contributed by atoms with E-state index in [9.17, 15) is 14.0 Å². The van der Waals surface area contributed by atoms with Crippen LogP contribution in [0, 0.1) is 5.82 Å². The topological polar surface area (TPSA) is 51.1 Å². The Balaban J connectivity index is 1.86. The van der Waals surface area contributed by atoms with Crippen molar-refractivity contribution in [3.8, 4) is 0 Å². The molecule has 0 unspecified atom stereocenters. The van der Waals surface area contributed by atoms with Gasteiger partial charge in [-0.15, -0.1) is 0 Å². The van der Waals surface area contributed by atoms with Crippen LogP contribution < -0.4 is 10.9 Å². The molecule has 0 bridgehead atoms. The zero-order chi connectivity index (χ0) is 18.7. The number of rotatable bonds is 4. The van der Waals surface area contributed by atoms with Crippen LogP contribution >= 0.6 is 23.2 Å². The largest absolute Gasteiger partial charge is 0.322 e. The summed E-state index contributed by atoms with van der Waals surface area (Å²) >= 11 is 11.8. The molecule has 0 aliphatic carbocycles. The van der Waals surface area contributed by atoms with Gasteiger partial charge in [-0.1, -0.05) is 41.4 Å². The number of anilines is 1. The average Bonchev–Trinajstić information content (AvgIpc) is 2.61. The number of benzene rings is 2. The maximum atomic E-state index is 13.2. The summed E-state index contributed by atoms with van der Waals surface area (Å²) in [5, 5.41) is 2.96. The molecule has 2 aromatic carbocycles. The number of pyridine rings is 1. The van der Waals surface area contributed by atoms with E-state index in [0.29, 0.717) is 10.7 Å². The van der Waals surface area contributed by atoms with E-state index in [4.69, 9.17) is 23.2 Å². The van der Waals surface area contributed by atoms with Crippen LogP contribution in [0.2, 0.25) is 10.0 Å². The molecule has 1 heterocycles. The number of halogens is 3. The number of aromatic nitrogens is 1. The lowest BCUT2D eigenvalue weighted by Gasteiger charge is -2.10. The Bertz CT molecular complexity index is 1030. The van der Waals surface area contributed by atoms with Crippen molar-refractivity contribution in [2.45, 2.75) is 6.54 Å². The molecule has 1 aromatic heterocycles. The Kier molecular flexibility index (Phi) is 5.40. The zero-order valence-electron chi connectivity index (χ0n) is 13.4. The molecular formula is C19H13Cl2FN2O2. The molecule has 0 spiro atoms. The maximum absolute atomic E-state index is 13.2. The highest BCUT2D eigenvalue weighted by atomic mass is 35.5. The predicted octanol–water partition coefficient (Wildman–Crippen LogP) is 4.59. The van der Waals surface area contributed by atoms with Gasteiger partial charge in [0.2, 0.25) is 0 Å². The Labute approximate surface area is 158 Å². The van der Waals surface area contributed by atoms with Gasteiger partial charge in [0.25, 0.3) is 11.5 Å². The molecule has 7 heteroatoms. The van der Waals surface area contributed by atoms with Crippen molar-refractivity contribution < 1.29 is 9.18 Å². The van der Waals surface area contributed by atoms with E-state index in [1.54, 1.807) is 24.4 Å². The molecule has 1 N–H and O–H groups in total. The lowest BCUT2D eigenvalue weighted by molar-refractivity contribution is 0.102. The summed E-state index contributed by atoms with van der Waals surface area (Å²) in [4.78, 5) is 25.0. The van der Waals surface area contributed by atoms with Gasteiger partial charge in [0, 0.05) is 16.9 Å². The molecule has 26 heavy (non-hydrogen) atoms. The molecule has 1 amide bonds. The van der Waals surface area contributed by atoms with Gasteiger partial charge in [-0.3, -0.25) is 9.59 Å². The molecule has 0 atom stereocenters. The number of hydrogen-bond donors (Lipinski definition) is 1. The van der Waals surface area contributed by atoms with Crippen LogP contribution in [-0.2, 0) is 6.54 Å². The van der Waals surface area contributed by atoms with Gasteiger partial charge in [-0.2, -0.15) is 0 Å². The van der Waals surface area contributed by atoms with Crippen LogP contribution in [0.5, 0.6) is 0 Å². The Morgan fingerprint density at radius 2 is 1.81 bits per heavy atom. The molecule has 0 aliphatic rings. The minimum absolute atomic E-state index is 0.0417.